The molecule has 0 N–H and O–H groups in total. The lowest BCUT2D eigenvalue weighted by atomic mass is 9.80. The molecule has 1 amide bonds. The van der Waals surface area contributed by atoms with Gasteiger partial charge < -0.3 is 9.80 Å². The zero-order chi connectivity index (χ0) is 17.5. The van der Waals surface area contributed by atoms with Gasteiger partial charge in [-0.15, -0.1) is 12.4 Å². The zero-order valence-electron chi connectivity index (χ0n) is 14.3. The predicted molar refractivity (Wildman–Crippen MR) is 90.6 cm³/mol. The number of nitrogens with zero attached hydrogens (tertiary/aromatic N) is 3. The standard InChI is InChI=1S/C17H22F3N3O.ClH/c1-16(10-22(2)11-16)15(24)23-7-5-12(6-8-23)13-3-4-14(21-9-13)17(18,19)20;/h3-4,9,12H,5-8,10-11H2,1-2H3;1H. The summed E-state index contributed by atoms with van der Waals surface area (Å²) in [4.78, 5) is 20.2. The van der Waals surface area contributed by atoms with Crippen LogP contribution in [0.1, 0.15) is 36.9 Å². The molecule has 0 radical (unpaired) electrons. The van der Waals surface area contributed by atoms with E-state index in [0.29, 0.717) is 13.1 Å². The molecule has 0 saturated carbocycles. The van der Waals surface area contributed by atoms with Crippen LogP contribution in [0.2, 0.25) is 0 Å². The van der Waals surface area contributed by atoms with Crippen molar-refractivity contribution in [1.29, 1.82) is 0 Å². The van der Waals surface area contributed by atoms with E-state index >= 15 is 0 Å². The fraction of sp³-hybridized carbons (Fsp3) is 0.647. The lowest BCUT2D eigenvalue weighted by molar-refractivity contribution is -0.151. The fourth-order valence-electron chi connectivity index (χ4n) is 3.89. The van der Waals surface area contributed by atoms with Gasteiger partial charge >= 0.3 is 6.18 Å². The Morgan fingerprint density at radius 3 is 2.28 bits per heavy atom. The predicted octanol–water partition coefficient (Wildman–Crippen LogP) is 3.18. The minimum absolute atomic E-state index is 0. The molecule has 25 heavy (non-hydrogen) atoms. The summed E-state index contributed by atoms with van der Waals surface area (Å²) in [5.41, 5.74) is -0.317. The zero-order valence-corrected chi connectivity index (χ0v) is 15.2. The van der Waals surface area contributed by atoms with Crippen LogP contribution < -0.4 is 0 Å². The fourth-order valence-corrected chi connectivity index (χ4v) is 3.89. The molecule has 0 bridgehead atoms. The van der Waals surface area contributed by atoms with E-state index < -0.39 is 11.9 Å². The quantitative estimate of drug-likeness (QED) is 0.794. The van der Waals surface area contributed by atoms with Crippen molar-refractivity contribution in [2.75, 3.05) is 33.2 Å². The maximum Gasteiger partial charge on any atom is 0.433 e. The highest BCUT2D eigenvalue weighted by atomic mass is 35.5. The molecule has 1 aromatic heterocycles. The van der Waals surface area contributed by atoms with E-state index in [1.165, 1.54) is 12.3 Å². The van der Waals surface area contributed by atoms with Gasteiger partial charge in [0.2, 0.25) is 5.91 Å². The first-order valence-corrected chi connectivity index (χ1v) is 8.20. The van der Waals surface area contributed by atoms with Crippen LogP contribution in [-0.4, -0.2) is 53.9 Å². The van der Waals surface area contributed by atoms with Crippen LogP contribution in [0, 0.1) is 5.41 Å². The SMILES string of the molecule is CN1CC(C)(C(=O)N2CCC(c3ccc(C(F)(F)F)nc3)CC2)C1.Cl. The number of rotatable bonds is 2. The Morgan fingerprint density at radius 1 is 1.24 bits per heavy atom. The minimum Gasteiger partial charge on any atom is -0.342 e. The summed E-state index contributed by atoms with van der Waals surface area (Å²) >= 11 is 0. The summed E-state index contributed by atoms with van der Waals surface area (Å²) in [6.07, 6.45) is -1.54. The van der Waals surface area contributed by atoms with E-state index in [9.17, 15) is 18.0 Å². The molecule has 0 aliphatic carbocycles. The molecule has 140 valence electrons. The van der Waals surface area contributed by atoms with Gasteiger partial charge in [-0.25, -0.2) is 0 Å². The molecule has 3 heterocycles. The normalized spacial score (nSPS) is 21.4. The van der Waals surface area contributed by atoms with Crippen molar-refractivity contribution >= 4 is 18.3 Å². The number of carbonyl (C=O) groups excluding carboxylic acids is 1. The van der Waals surface area contributed by atoms with Crippen molar-refractivity contribution in [3.63, 3.8) is 0 Å². The van der Waals surface area contributed by atoms with Gasteiger partial charge in [-0.2, -0.15) is 13.2 Å². The summed E-state index contributed by atoms with van der Waals surface area (Å²) in [5, 5.41) is 0. The molecule has 0 unspecified atom stereocenters. The average Bonchev–Trinajstić information content (AvgIpc) is 2.52. The highest BCUT2D eigenvalue weighted by molar-refractivity contribution is 5.85. The van der Waals surface area contributed by atoms with Crippen LogP contribution in [0.3, 0.4) is 0 Å². The Balaban J connectivity index is 0.00000225. The molecule has 3 rings (SSSR count). The lowest BCUT2D eigenvalue weighted by Crippen LogP contribution is -2.61. The van der Waals surface area contributed by atoms with Crippen molar-refractivity contribution in [3.05, 3.63) is 29.6 Å². The molecule has 0 aromatic carbocycles. The second kappa shape index (κ2) is 7.11. The van der Waals surface area contributed by atoms with Crippen molar-refractivity contribution in [2.24, 2.45) is 5.41 Å². The molecule has 2 saturated heterocycles. The maximum absolute atomic E-state index is 12.6. The number of alkyl halides is 3. The van der Waals surface area contributed by atoms with E-state index in [1.807, 2.05) is 18.9 Å². The van der Waals surface area contributed by atoms with Crippen LogP contribution in [-0.2, 0) is 11.0 Å². The van der Waals surface area contributed by atoms with Crippen molar-refractivity contribution in [2.45, 2.75) is 31.9 Å². The molecule has 1 aromatic rings. The summed E-state index contributed by atoms with van der Waals surface area (Å²) < 4.78 is 37.7. The first-order chi connectivity index (χ1) is 11.2. The van der Waals surface area contributed by atoms with Crippen LogP contribution in [0.15, 0.2) is 18.3 Å². The van der Waals surface area contributed by atoms with Crippen molar-refractivity contribution in [1.82, 2.24) is 14.8 Å². The van der Waals surface area contributed by atoms with Crippen LogP contribution in [0.25, 0.3) is 0 Å². The molecule has 0 spiro atoms. The number of halogens is 4. The molecule has 8 heteroatoms. The van der Waals surface area contributed by atoms with Gasteiger partial charge in [0.25, 0.3) is 0 Å². The third kappa shape index (κ3) is 4.08. The van der Waals surface area contributed by atoms with Crippen LogP contribution >= 0.6 is 12.4 Å². The second-order valence-electron chi connectivity index (χ2n) is 7.27. The maximum atomic E-state index is 12.6. The molecule has 0 atom stereocenters. The Kier molecular flexibility index (Phi) is 5.68. The second-order valence-corrected chi connectivity index (χ2v) is 7.27. The number of likely N-dealkylation sites (tertiary alicyclic amines) is 2. The monoisotopic (exact) mass is 377 g/mol. The summed E-state index contributed by atoms with van der Waals surface area (Å²) in [6, 6.07) is 2.55. The smallest absolute Gasteiger partial charge is 0.342 e. The largest absolute Gasteiger partial charge is 0.433 e. The van der Waals surface area contributed by atoms with Crippen LogP contribution in [0.5, 0.6) is 0 Å². The number of hydrogen-bond donors (Lipinski definition) is 0. The Labute approximate surface area is 151 Å². The van der Waals surface area contributed by atoms with Gasteiger partial charge in [0.15, 0.2) is 0 Å². The molecule has 2 aliphatic rings. The van der Waals surface area contributed by atoms with E-state index in [-0.39, 0.29) is 29.6 Å². The molecular weight excluding hydrogens is 355 g/mol. The van der Waals surface area contributed by atoms with Crippen LogP contribution in [0.4, 0.5) is 13.2 Å². The number of pyridine rings is 1. The number of amides is 1. The van der Waals surface area contributed by atoms with E-state index in [2.05, 4.69) is 9.88 Å². The Hall–Kier alpha value is -1.34. The topological polar surface area (TPSA) is 36.4 Å². The molecule has 2 fully saturated rings. The Morgan fingerprint density at radius 2 is 1.84 bits per heavy atom. The van der Waals surface area contributed by atoms with E-state index in [0.717, 1.165) is 37.6 Å². The highest BCUT2D eigenvalue weighted by Gasteiger charge is 2.45. The Bertz CT molecular complexity index is 607. The first-order valence-electron chi connectivity index (χ1n) is 8.20. The molecule has 4 nitrogen and oxygen atoms in total. The number of aromatic nitrogens is 1. The van der Waals surface area contributed by atoms with Gasteiger partial charge in [0.1, 0.15) is 5.69 Å². The summed E-state index contributed by atoms with van der Waals surface area (Å²) in [6.45, 7) is 4.89. The van der Waals surface area contributed by atoms with Gasteiger partial charge in [-0.05, 0) is 44.4 Å². The van der Waals surface area contributed by atoms with Gasteiger partial charge in [-0.3, -0.25) is 9.78 Å². The summed E-state index contributed by atoms with van der Waals surface area (Å²) in [5.74, 6) is 0.366. The van der Waals surface area contributed by atoms with Crippen molar-refractivity contribution in [3.8, 4) is 0 Å². The van der Waals surface area contributed by atoms with Gasteiger partial charge in [0.05, 0.1) is 5.41 Å². The third-order valence-electron chi connectivity index (χ3n) is 5.08. The minimum atomic E-state index is -4.40. The first kappa shape index (κ1) is 20.0. The lowest BCUT2D eigenvalue weighted by Gasteiger charge is -2.48. The van der Waals surface area contributed by atoms with E-state index in [4.69, 9.17) is 0 Å². The molecular formula is C17H23ClF3N3O. The number of carbonyl (C=O) groups is 1. The van der Waals surface area contributed by atoms with Crippen molar-refractivity contribution < 1.29 is 18.0 Å². The highest BCUT2D eigenvalue weighted by Crippen LogP contribution is 2.35. The average molecular weight is 378 g/mol. The van der Waals surface area contributed by atoms with Gasteiger partial charge in [-0.1, -0.05) is 6.07 Å². The van der Waals surface area contributed by atoms with E-state index in [1.54, 1.807) is 0 Å². The summed E-state index contributed by atoms with van der Waals surface area (Å²) in [7, 11) is 2.00. The molecule has 2 aliphatic heterocycles. The van der Waals surface area contributed by atoms with Gasteiger partial charge in [0, 0.05) is 32.4 Å². The third-order valence-corrected chi connectivity index (χ3v) is 5.08. The number of piperidine rings is 1. The number of hydrogen-bond acceptors (Lipinski definition) is 3.